The molecule has 0 heterocycles. The van der Waals surface area contributed by atoms with Crippen molar-refractivity contribution in [2.45, 2.75) is 18.8 Å². The first-order valence-corrected chi connectivity index (χ1v) is 6.58. The van der Waals surface area contributed by atoms with Gasteiger partial charge in [-0.1, -0.05) is 48.0 Å². The van der Waals surface area contributed by atoms with Crippen molar-refractivity contribution in [1.82, 2.24) is 5.32 Å². The molecule has 0 aliphatic heterocycles. The highest BCUT2D eigenvalue weighted by Gasteiger charge is 2.29. The van der Waals surface area contributed by atoms with Gasteiger partial charge in [-0.25, -0.2) is 0 Å². The first-order valence-electron chi connectivity index (χ1n) is 6.58. The number of nitrogens with one attached hydrogen (secondary N) is 2. The summed E-state index contributed by atoms with van der Waals surface area (Å²) in [6, 6.07) is 12.1. The maximum absolute atomic E-state index is 12.4. The summed E-state index contributed by atoms with van der Waals surface area (Å²) in [5.41, 5.74) is 8.21. The number of hydrogen-bond donors (Lipinski definition) is 1. The molecule has 1 atom stereocenters. The Kier molecular flexibility index (Phi) is 4.82. The smallest absolute Gasteiger partial charge is 0.416 e. The van der Waals surface area contributed by atoms with E-state index in [1.165, 1.54) is 12.1 Å². The topological polar surface area (TPSA) is 52.9 Å². The fraction of sp³-hybridized carbons (Fsp3) is 0.188. The van der Waals surface area contributed by atoms with Crippen molar-refractivity contribution >= 4 is 5.91 Å². The van der Waals surface area contributed by atoms with Crippen LogP contribution in [0.1, 0.15) is 22.7 Å². The van der Waals surface area contributed by atoms with Crippen LogP contribution in [-0.4, -0.2) is 5.91 Å². The lowest BCUT2D eigenvalue weighted by molar-refractivity contribution is -0.137. The molecule has 22 heavy (non-hydrogen) atoms. The summed E-state index contributed by atoms with van der Waals surface area (Å²) in [7, 11) is 0. The molecule has 0 saturated heterocycles. The van der Waals surface area contributed by atoms with Gasteiger partial charge in [0, 0.05) is 6.54 Å². The van der Waals surface area contributed by atoms with E-state index in [2.05, 4.69) is 5.32 Å². The van der Waals surface area contributed by atoms with Crippen LogP contribution in [0.15, 0.2) is 54.6 Å². The summed E-state index contributed by atoms with van der Waals surface area (Å²) >= 11 is 0. The SMILES string of the molecule is [NH-]C(C(=O)NCc1ccc(C(F)(F)F)cc1)c1ccccc1. The molecule has 2 aromatic carbocycles. The van der Waals surface area contributed by atoms with Crippen LogP contribution in [-0.2, 0) is 17.5 Å². The van der Waals surface area contributed by atoms with Gasteiger partial charge in [0.15, 0.2) is 0 Å². The highest BCUT2D eigenvalue weighted by atomic mass is 19.4. The lowest BCUT2D eigenvalue weighted by atomic mass is 10.1. The van der Waals surface area contributed by atoms with Crippen molar-refractivity contribution in [2.24, 2.45) is 0 Å². The molecule has 0 radical (unpaired) electrons. The molecular weight excluding hydrogens is 293 g/mol. The predicted octanol–water partition coefficient (Wildman–Crippen LogP) is 4.12. The highest BCUT2D eigenvalue weighted by Crippen LogP contribution is 2.29. The van der Waals surface area contributed by atoms with Gasteiger partial charge in [0.2, 0.25) is 5.91 Å². The maximum atomic E-state index is 12.4. The van der Waals surface area contributed by atoms with E-state index < -0.39 is 23.7 Å². The molecule has 0 fully saturated rings. The van der Waals surface area contributed by atoms with Gasteiger partial charge in [-0.3, -0.25) is 4.79 Å². The van der Waals surface area contributed by atoms with E-state index in [1.807, 2.05) is 0 Å². The van der Waals surface area contributed by atoms with E-state index in [4.69, 9.17) is 5.73 Å². The molecule has 0 aliphatic rings. The molecule has 0 saturated carbocycles. The van der Waals surface area contributed by atoms with Crippen LogP contribution in [0.25, 0.3) is 5.73 Å². The average molecular weight is 307 g/mol. The zero-order valence-corrected chi connectivity index (χ0v) is 11.5. The molecule has 3 nitrogen and oxygen atoms in total. The van der Waals surface area contributed by atoms with E-state index >= 15 is 0 Å². The summed E-state index contributed by atoms with van der Waals surface area (Å²) in [6.45, 7) is 0.0825. The van der Waals surface area contributed by atoms with Gasteiger partial charge in [-0.2, -0.15) is 13.2 Å². The number of amides is 1. The fourth-order valence-electron chi connectivity index (χ4n) is 1.90. The fourth-order valence-corrected chi connectivity index (χ4v) is 1.90. The van der Waals surface area contributed by atoms with Crippen LogP contribution in [0.5, 0.6) is 0 Å². The Morgan fingerprint density at radius 2 is 1.64 bits per heavy atom. The van der Waals surface area contributed by atoms with Crippen molar-refractivity contribution in [3.05, 3.63) is 77.0 Å². The van der Waals surface area contributed by atoms with Gasteiger partial charge in [0.05, 0.1) is 5.56 Å². The molecule has 6 heteroatoms. The number of rotatable bonds is 4. The van der Waals surface area contributed by atoms with Gasteiger partial charge in [-0.15, -0.1) is 0 Å². The monoisotopic (exact) mass is 307 g/mol. The van der Waals surface area contributed by atoms with E-state index in [9.17, 15) is 18.0 Å². The minimum absolute atomic E-state index is 0.0825. The van der Waals surface area contributed by atoms with Crippen molar-refractivity contribution in [3.8, 4) is 0 Å². The molecule has 116 valence electrons. The minimum Gasteiger partial charge on any atom is -0.663 e. The molecule has 0 aromatic heterocycles. The number of carbonyl (C=O) groups is 1. The average Bonchev–Trinajstić information content (AvgIpc) is 2.52. The van der Waals surface area contributed by atoms with Crippen molar-refractivity contribution in [1.29, 1.82) is 0 Å². The third-order valence-electron chi connectivity index (χ3n) is 3.14. The summed E-state index contributed by atoms with van der Waals surface area (Å²) < 4.78 is 37.3. The molecule has 2 aromatic rings. The van der Waals surface area contributed by atoms with E-state index in [0.717, 1.165) is 12.1 Å². The molecule has 2 N–H and O–H groups in total. The van der Waals surface area contributed by atoms with Crippen molar-refractivity contribution in [2.75, 3.05) is 0 Å². The Hall–Kier alpha value is -2.34. The highest BCUT2D eigenvalue weighted by molar-refractivity contribution is 5.84. The Morgan fingerprint density at radius 1 is 1.05 bits per heavy atom. The van der Waals surface area contributed by atoms with Crippen LogP contribution >= 0.6 is 0 Å². The largest absolute Gasteiger partial charge is 0.663 e. The van der Waals surface area contributed by atoms with Crippen LogP contribution < -0.4 is 5.32 Å². The minimum atomic E-state index is -4.37. The molecule has 0 bridgehead atoms. The number of halogens is 3. The van der Waals surface area contributed by atoms with E-state index in [0.29, 0.717) is 11.1 Å². The third kappa shape index (κ3) is 4.08. The van der Waals surface area contributed by atoms with E-state index in [1.54, 1.807) is 30.3 Å². The molecule has 1 unspecified atom stereocenters. The number of carbonyl (C=O) groups excluding carboxylic acids is 1. The maximum Gasteiger partial charge on any atom is 0.416 e. The number of alkyl halides is 3. The Labute approximate surface area is 125 Å². The molecular formula is C16H14F3N2O-. The predicted molar refractivity (Wildman–Crippen MR) is 76.8 cm³/mol. The van der Waals surface area contributed by atoms with Crippen LogP contribution in [0.4, 0.5) is 13.2 Å². The Balaban J connectivity index is 1.94. The third-order valence-corrected chi connectivity index (χ3v) is 3.14. The van der Waals surface area contributed by atoms with Crippen LogP contribution in [0.3, 0.4) is 0 Å². The van der Waals surface area contributed by atoms with Gasteiger partial charge >= 0.3 is 6.18 Å². The van der Waals surface area contributed by atoms with Gasteiger partial charge in [-0.05, 0) is 23.7 Å². The standard InChI is InChI=1S/C16H14F3N2O/c17-16(18,19)13-8-6-11(7-9-13)10-21-15(22)14(20)12-4-2-1-3-5-12/h1-9,14,20H,10H2,(H,21,22)/q-1. The summed E-state index contributed by atoms with van der Waals surface area (Å²) in [4.78, 5) is 11.9. The van der Waals surface area contributed by atoms with Crippen molar-refractivity contribution < 1.29 is 18.0 Å². The molecule has 0 aliphatic carbocycles. The first kappa shape index (κ1) is 16.0. The zero-order chi connectivity index (χ0) is 16.2. The van der Waals surface area contributed by atoms with Crippen LogP contribution in [0.2, 0.25) is 0 Å². The van der Waals surface area contributed by atoms with E-state index in [-0.39, 0.29) is 6.54 Å². The quantitative estimate of drug-likeness (QED) is 0.907. The number of hydrogen-bond acceptors (Lipinski definition) is 1. The van der Waals surface area contributed by atoms with Gasteiger partial charge in [0.1, 0.15) is 0 Å². The Bertz CT molecular complexity index is 624. The lowest BCUT2D eigenvalue weighted by Crippen LogP contribution is -2.27. The second-order valence-corrected chi connectivity index (χ2v) is 4.76. The molecule has 2 rings (SSSR count). The summed E-state index contributed by atoms with van der Waals surface area (Å²) in [6.07, 6.45) is -4.37. The lowest BCUT2D eigenvalue weighted by Gasteiger charge is -2.20. The first-order chi connectivity index (χ1) is 10.4. The molecule has 1 amide bonds. The summed E-state index contributed by atoms with van der Waals surface area (Å²) in [5.74, 6) is -0.494. The second kappa shape index (κ2) is 6.62. The number of benzene rings is 2. The summed E-state index contributed by atoms with van der Waals surface area (Å²) in [5, 5.41) is 2.55. The van der Waals surface area contributed by atoms with Gasteiger partial charge < -0.3 is 11.1 Å². The molecule has 0 spiro atoms. The van der Waals surface area contributed by atoms with Crippen molar-refractivity contribution in [3.63, 3.8) is 0 Å². The second-order valence-electron chi connectivity index (χ2n) is 4.76. The zero-order valence-electron chi connectivity index (χ0n) is 11.5. The Morgan fingerprint density at radius 3 is 2.18 bits per heavy atom. The van der Waals surface area contributed by atoms with Crippen LogP contribution in [0, 0.1) is 0 Å². The van der Waals surface area contributed by atoms with Gasteiger partial charge in [0.25, 0.3) is 0 Å². The normalized spacial score (nSPS) is 12.7.